The Labute approximate surface area is 206 Å². The zero-order valence-corrected chi connectivity index (χ0v) is 19.9. The van der Waals surface area contributed by atoms with Crippen LogP contribution in [0.25, 0.3) is 0 Å². The lowest BCUT2D eigenvalue weighted by atomic mass is 9.69. The largest absolute Gasteiger partial charge is 0.346 e. The van der Waals surface area contributed by atoms with Crippen molar-refractivity contribution in [3.63, 3.8) is 0 Å². The number of rotatable bonds is 5. The normalized spacial score (nSPS) is 35.8. The summed E-state index contributed by atoms with van der Waals surface area (Å²) in [4.78, 5) is 42.8. The summed E-state index contributed by atoms with van der Waals surface area (Å²) >= 11 is 0. The number of allylic oxidation sites excluding steroid dienone is 2. The van der Waals surface area contributed by atoms with E-state index in [4.69, 9.17) is 0 Å². The van der Waals surface area contributed by atoms with Crippen LogP contribution in [0.15, 0.2) is 54.6 Å². The summed E-state index contributed by atoms with van der Waals surface area (Å²) in [5.41, 5.74) is -0.663. The first-order chi connectivity index (χ1) is 17.0. The van der Waals surface area contributed by atoms with Crippen molar-refractivity contribution >= 4 is 17.6 Å². The summed E-state index contributed by atoms with van der Waals surface area (Å²) in [5, 5.41) is 13.3. The standard InChI is InChI=1S/C29H31N3O3/c30-17-22-16-27(26(35)31-29-14-8-7-13-28(27,29)18-29)19-32(22)25(34)23(15-20-9-3-1-4-10-20)24(33)21-11-5-2-6-12-21/h1,3-4,7-10,13-14,21-23H,2,5-6,11-12,15-16,18-19H2,(H,31,35)/t22?,23?,27-,28?,29?/m1/s1. The third kappa shape index (κ3) is 3.10. The molecule has 1 aromatic rings. The van der Waals surface area contributed by atoms with Crippen molar-refractivity contribution in [1.29, 1.82) is 5.26 Å². The lowest BCUT2D eigenvalue weighted by Crippen LogP contribution is -2.47. The highest BCUT2D eigenvalue weighted by atomic mass is 16.2. The van der Waals surface area contributed by atoms with Crippen molar-refractivity contribution in [3.05, 3.63) is 60.2 Å². The molecule has 4 fully saturated rings. The maximum atomic E-state index is 14.1. The Morgan fingerprint density at radius 1 is 1.11 bits per heavy atom. The van der Waals surface area contributed by atoms with Crippen molar-refractivity contribution in [1.82, 2.24) is 10.2 Å². The maximum absolute atomic E-state index is 14.1. The van der Waals surface area contributed by atoms with Crippen LogP contribution in [0.5, 0.6) is 0 Å². The second-order valence-corrected chi connectivity index (χ2v) is 11.2. The van der Waals surface area contributed by atoms with E-state index in [2.05, 4.69) is 23.5 Å². The molecule has 180 valence electrons. The van der Waals surface area contributed by atoms with Crippen molar-refractivity contribution < 1.29 is 14.4 Å². The van der Waals surface area contributed by atoms with Crippen LogP contribution in [0.3, 0.4) is 0 Å². The Balaban J connectivity index is 1.32. The minimum Gasteiger partial charge on any atom is -0.346 e. The minimum absolute atomic E-state index is 0.00601. The van der Waals surface area contributed by atoms with E-state index >= 15 is 0 Å². The predicted molar refractivity (Wildman–Crippen MR) is 130 cm³/mol. The lowest BCUT2D eigenvalue weighted by Gasteiger charge is -2.32. The van der Waals surface area contributed by atoms with Crippen LogP contribution in [0.4, 0.5) is 0 Å². The molecular formula is C29H31N3O3. The fourth-order valence-electron chi connectivity index (χ4n) is 7.50. The summed E-state index contributed by atoms with van der Waals surface area (Å²) in [7, 11) is 0. The number of amides is 2. The molecule has 0 bridgehead atoms. The van der Waals surface area contributed by atoms with Crippen molar-refractivity contribution in [3.8, 4) is 6.07 Å². The van der Waals surface area contributed by atoms with Crippen LogP contribution in [0.2, 0.25) is 0 Å². The number of benzene rings is 1. The number of likely N-dealkylation sites (tertiary alicyclic amines) is 1. The van der Waals surface area contributed by atoms with Crippen molar-refractivity contribution in [2.24, 2.45) is 22.7 Å². The molecule has 35 heavy (non-hydrogen) atoms. The Bertz CT molecular complexity index is 1180. The van der Waals surface area contributed by atoms with Gasteiger partial charge < -0.3 is 10.2 Å². The number of Topliss-reactive ketones (excluding diaryl/α,β-unsaturated/α-hetero) is 1. The van der Waals surface area contributed by atoms with Gasteiger partial charge in [0, 0.05) is 17.9 Å². The third-order valence-corrected chi connectivity index (χ3v) is 9.45. The van der Waals surface area contributed by atoms with E-state index in [0.29, 0.717) is 12.8 Å². The van der Waals surface area contributed by atoms with E-state index in [0.717, 1.165) is 44.1 Å². The topological polar surface area (TPSA) is 90.3 Å². The number of carbonyl (C=O) groups excluding carboxylic acids is 3. The van der Waals surface area contributed by atoms with Crippen LogP contribution in [0, 0.1) is 34.0 Å². The summed E-state index contributed by atoms with van der Waals surface area (Å²) in [6.45, 7) is 0.194. The zero-order valence-electron chi connectivity index (χ0n) is 19.9. The molecular weight excluding hydrogens is 438 g/mol. The molecule has 0 radical (unpaired) electrons. The fraction of sp³-hybridized carbons (Fsp3) is 0.517. The molecule has 2 heterocycles. The highest BCUT2D eigenvalue weighted by Crippen LogP contribution is 2.75. The first kappa shape index (κ1) is 22.3. The van der Waals surface area contributed by atoms with Crippen LogP contribution < -0.4 is 5.32 Å². The molecule has 6 nitrogen and oxygen atoms in total. The van der Waals surface area contributed by atoms with Gasteiger partial charge >= 0.3 is 0 Å². The predicted octanol–water partition coefficient (Wildman–Crippen LogP) is 3.49. The van der Waals surface area contributed by atoms with Crippen LogP contribution >= 0.6 is 0 Å². The van der Waals surface area contributed by atoms with Crippen LogP contribution in [-0.2, 0) is 20.8 Å². The van der Waals surface area contributed by atoms with Gasteiger partial charge in [-0.15, -0.1) is 0 Å². The zero-order chi connectivity index (χ0) is 24.3. The van der Waals surface area contributed by atoms with Gasteiger partial charge in [-0.1, -0.05) is 73.9 Å². The number of ketones is 1. The van der Waals surface area contributed by atoms with Gasteiger partial charge in [0.15, 0.2) is 0 Å². The van der Waals surface area contributed by atoms with Gasteiger partial charge in [0.2, 0.25) is 11.8 Å². The lowest BCUT2D eigenvalue weighted by molar-refractivity contribution is -0.143. The van der Waals surface area contributed by atoms with E-state index in [-0.39, 0.29) is 35.6 Å². The second kappa shape index (κ2) is 7.91. The number of nitrogens with zero attached hydrogens (tertiary/aromatic N) is 2. The first-order valence-electron chi connectivity index (χ1n) is 12.9. The Kier molecular flexibility index (Phi) is 5.03. The number of carbonyl (C=O) groups is 3. The molecule has 2 aliphatic heterocycles. The summed E-state index contributed by atoms with van der Waals surface area (Å²) in [6, 6.07) is 11.2. The van der Waals surface area contributed by atoms with E-state index in [1.807, 2.05) is 42.5 Å². The van der Waals surface area contributed by atoms with Gasteiger partial charge in [-0.3, -0.25) is 14.4 Å². The summed E-state index contributed by atoms with van der Waals surface area (Å²) in [5.74, 6) is -1.28. The summed E-state index contributed by atoms with van der Waals surface area (Å²) in [6.07, 6.45) is 14.4. The average Bonchev–Trinajstić information content (AvgIpc) is 3.33. The molecule has 2 amide bonds. The molecule has 1 aromatic carbocycles. The Morgan fingerprint density at radius 2 is 1.86 bits per heavy atom. The number of piperidine rings is 1. The molecule has 6 heteroatoms. The van der Waals surface area contributed by atoms with E-state index in [1.54, 1.807) is 4.90 Å². The Hall–Kier alpha value is -3.20. The van der Waals surface area contributed by atoms with Gasteiger partial charge in [-0.05, 0) is 37.7 Å². The Morgan fingerprint density at radius 3 is 2.60 bits per heavy atom. The smallest absolute Gasteiger partial charge is 0.234 e. The van der Waals surface area contributed by atoms with Gasteiger partial charge in [-0.2, -0.15) is 5.26 Å². The molecule has 2 saturated heterocycles. The van der Waals surface area contributed by atoms with Crippen LogP contribution in [-0.4, -0.2) is 40.6 Å². The third-order valence-electron chi connectivity index (χ3n) is 9.45. The minimum atomic E-state index is -0.824. The molecule has 1 N–H and O–H groups in total. The molecule has 5 atom stereocenters. The summed E-state index contributed by atoms with van der Waals surface area (Å²) < 4.78 is 0. The second-order valence-electron chi connectivity index (χ2n) is 11.2. The molecule has 2 saturated carbocycles. The molecule has 6 rings (SSSR count). The highest BCUT2D eigenvalue weighted by molar-refractivity contribution is 6.03. The monoisotopic (exact) mass is 469 g/mol. The fourth-order valence-corrected chi connectivity index (χ4v) is 7.50. The number of hydrogen-bond donors (Lipinski definition) is 1. The quantitative estimate of drug-likeness (QED) is 0.669. The molecule has 0 aromatic heterocycles. The van der Waals surface area contributed by atoms with Gasteiger partial charge in [0.25, 0.3) is 0 Å². The first-order valence-corrected chi connectivity index (χ1v) is 12.9. The van der Waals surface area contributed by atoms with Crippen molar-refractivity contribution in [2.75, 3.05) is 6.54 Å². The molecule has 5 aliphatic rings. The number of nitriles is 1. The van der Waals surface area contributed by atoms with Gasteiger partial charge in [-0.25, -0.2) is 0 Å². The van der Waals surface area contributed by atoms with Gasteiger partial charge in [0.05, 0.1) is 17.0 Å². The van der Waals surface area contributed by atoms with E-state index in [1.165, 1.54) is 0 Å². The highest BCUT2D eigenvalue weighted by Gasteiger charge is 2.83. The maximum Gasteiger partial charge on any atom is 0.234 e. The molecule has 1 spiro atoms. The number of nitrogens with one attached hydrogen (secondary N) is 1. The molecule has 4 unspecified atom stereocenters. The van der Waals surface area contributed by atoms with E-state index < -0.39 is 22.8 Å². The van der Waals surface area contributed by atoms with Gasteiger partial charge in [0.1, 0.15) is 17.7 Å². The number of hydrogen-bond acceptors (Lipinski definition) is 4. The van der Waals surface area contributed by atoms with Crippen LogP contribution in [0.1, 0.15) is 50.5 Å². The van der Waals surface area contributed by atoms with Crippen molar-refractivity contribution in [2.45, 2.75) is 62.9 Å². The molecule has 3 aliphatic carbocycles. The average molecular weight is 470 g/mol. The van der Waals surface area contributed by atoms with E-state index in [9.17, 15) is 19.6 Å². The SMILES string of the molecule is N#CC1C[C@@]2(CN1C(=O)C(Cc1ccccc1)C(=O)C1CCCCC1)C(=O)NC13C=CC=CC12C3.